The van der Waals surface area contributed by atoms with E-state index in [-0.39, 0.29) is 18.4 Å². The summed E-state index contributed by atoms with van der Waals surface area (Å²) in [5.74, 6) is -0.388. The fourth-order valence-electron chi connectivity index (χ4n) is 1.96. The molecule has 0 bridgehead atoms. The maximum atomic E-state index is 12.9. The van der Waals surface area contributed by atoms with Crippen molar-refractivity contribution in [2.45, 2.75) is 25.0 Å². The van der Waals surface area contributed by atoms with Gasteiger partial charge in [-0.15, -0.1) is 0 Å². The highest BCUT2D eigenvalue weighted by Crippen LogP contribution is 2.31. The third kappa shape index (κ3) is 3.35. The third-order valence-corrected chi connectivity index (χ3v) is 5.28. The molecule has 0 radical (unpaired) electrons. The molecule has 1 saturated carbocycles. The lowest BCUT2D eigenvalue weighted by atomic mass is 10.1. The monoisotopic (exact) mass is 302 g/mol. The Labute approximate surface area is 118 Å². The SMILES string of the molecule is CN(C)S(=O)(=O)N(CC(O)c1ccc(F)cc1)C1CC1. The second-order valence-electron chi connectivity index (χ2n) is 5.16. The number of hydrogen-bond acceptors (Lipinski definition) is 3. The van der Waals surface area contributed by atoms with E-state index in [4.69, 9.17) is 0 Å². The van der Waals surface area contributed by atoms with Crippen molar-refractivity contribution in [3.63, 3.8) is 0 Å². The summed E-state index contributed by atoms with van der Waals surface area (Å²) >= 11 is 0. The van der Waals surface area contributed by atoms with Crippen LogP contribution in [0, 0.1) is 5.82 Å². The van der Waals surface area contributed by atoms with Gasteiger partial charge in [0.15, 0.2) is 0 Å². The maximum Gasteiger partial charge on any atom is 0.281 e. The van der Waals surface area contributed by atoms with Crippen LogP contribution in [-0.2, 0) is 10.2 Å². The van der Waals surface area contributed by atoms with Crippen molar-refractivity contribution in [2.75, 3.05) is 20.6 Å². The first-order valence-corrected chi connectivity index (χ1v) is 7.85. The van der Waals surface area contributed by atoms with Gasteiger partial charge in [-0.25, -0.2) is 4.39 Å². The van der Waals surface area contributed by atoms with Crippen LogP contribution in [0.15, 0.2) is 24.3 Å². The van der Waals surface area contributed by atoms with Gasteiger partial charge in [0.05, 0.1) is 6.10 Å². The van der Waals surface area contributed by atoms with Crippen LogP contribution in [0.3, 0.4) is 0 Å². The van der Waals surface area contributed by atoms with Gasteiger partial charge in [-0.2, -0.15) is 17.0 Å². The fraction of sp³-hybridized carbons (Fsp3) is 0.538. The molecule has 1 aliphatic rings. The Balaban J connectivity index is 2.14. The van der Waals surface area contributed by atoms with Crippen LogP contribution in [0.25, 0.3) is 0 Å². The molecule has 1 fully saturated rings. The topological polar surface area (TPSA) is 60.9 Å². The van der Waals surface area contributed by atoms with Crippen molar-refractivity contribution >= 4 is 10.2 Å². The molecule has 1 N–H and O–H groups in total. The lowest BCUT2D eigenvalue weighted by Crippen LogP contribution is -2.43. The summed E-state index contributed by atoms with van der Waals surface area (Å²) in [5.41, 5.74) is 0.506. The summed E-state index contributed by atoms with van der Waals surface area (Å²) in [6.45, 7) is -0.0171. The first-order valence-electron chi connectivity index (χ1n) is 6.45. The zero-order valence-electron chi connectivity index (χ0n) is 11.5. The molecule has 7 heteroatoms. The van der Waals surface area contributed by atoms with Gasteiger partial charge >= 0.3 is 0 Å². The first-order chi connectivity index (χ1) is 9.32. The Morgan fingerprint density at radius 3 is 2.30 bits per heavy atom. The normalized spacial score (nSPS) is 17.7. The van der Waals surface area contributed by atoms with Gasteiger partial charge in [-0.1, -0.05) is 12.1 Å². The van der Waals surface area contributed by atoms with E-state index in [1.807, 2.05) is 0 Å². The number of hydrogen-bond donors (Lipinski definition) is 1. The second-order valence-corrected chi connectivity index (χ2v) is 7.25. The molecular formula is C13H19FN2O3S. The maximum absolute atomic E-state index is 12.9. The number of aliphatic hydroxyl groups excluding tert-OH is 1. The molecule has 0 amide bonds. The minimum Gasteiger partial charge on any atom is -0.387 e. The molecule has 0 heterocycles. The molecule has 112 valence electrons. The Bertz CT molecular complexity index is 555. The summed E-state index contributed by atoms with van der Waals surface area (Å²) in [6, 6.07) is 5.39. The molecule has 1 unspecified atom stereocenters. The van der Waals surface area contributed by atoms with Crippen molar-refractivity contribution in [3.8, 4) is 0 Å². The summed E-state index contributed by atoms with van der Waals surface area (Å²) in [6.07, 6.45) is 0.651. The van der Waals surface area contributed by atoms with E-state index in [1.165, 1.54) is 42.7 Å². The summed E-state index contributed by atoms with van der Waals surface area (Å²) in [5, 5.41) is 10.2. The molecule has 1 aliphatic carbocycles. The van der Waals surface area contributed by atoms with Crippen LogP contribution in [-0.4, -0.2) is 48.8 Å². The van der Waals surface area contributed by atoms with Crippen molar-refractivity contribution in [1.82, 2.24) is 8.61 Å². The van der Waals surface area contributed by atoms with Gasteiger partial charge in [0, 0.05) is 26.7 Å². The highest BCUT2D eigenvalue weighted by Gasteiger charge is 2.39. The molecular weight excluding hydrogens is 283 g/mol. The fourth-order valence-corrected chi connectivity index (χ4v) is 3.30. The minimum absolute atomic E-state index is 0.0171. The van der Waals surface area contributed by atoms with Crippen LogP contribution in [0.1, 0.15) is 24.5 Å². The van der Waals surface area contributed by atoms with Crippen LogP contribution in [0.4, 0.5) is 4.39 Å². The highest BCUT2D eigenvalue weighted by atomic mass is 32.2. The molecule has 0 aliphatic heterocycles. The number of rotatable bonds is 6. The quantitative estimate of drug-likeness (QED) is 0.857. The molecule has 1 atom stereocenters. The third-order valence-electron chi connectivity index (χ3n) is 3.32. The molecule has 2 rings (SSSR count). The Kier molecular flexibility index (Phi) is 4.43. The zero-order chi connectivity index (χ0) is 14.9. The van der Waals surface area contributed by atoms with Gasteiger partial charge in [-0.3, -0.25) is 0 Å². The first kappa shape index (κ1) is 15.4. The van der Waals surface area contributed by atoms with Gasteiger partial charge in [-0.05, 0) is 30.5 Å². The predicted molar refractivity (Wildman–Crippen MR) is 73.7 cm³/mol. The van der Waals surface area contributed by atoms with E-state index in [2.05, 4.69) is 0 Å². The molecule has 5 nitrogen and oxygen atoms in total. The van der Waals surface area contributed by atoms with Gasteiger partial charge < -0.3 is 5.11 Å². The van der Waals surface area contributed by atoms with Gasteiger partial charge in [0.2, 0.25) is 0 Å². The van der Waals surface area contributed by atoms with Crippen LogP contribution >= 0.6 is 0 Å². The molecule has 0 saturated heterocycles. The summed E-state index contributed by atoms with van der Waals surface area (Å²) < 4.78 is 39.7. The Morgan fingerprint density at radius 1 is 1.30 bits per heavy atom. The average Bonchev–Trinajstić information content (AvgIpc) is 3.20. The van der Waals surface area contributed by atoms with Gasteiger partial charge in [0.25, 0.3) is 10.2 Å². The molecule has 1 aromatic carbocycles. The summed E-state index contributed by atoms with van der Waals surface area (Å²) in [7, 11) is -0.620. The number of benzene rings is 1. The molecule has 1 aromatic rings. The van der Waals surface area contributed by atoms with Gasteiger partial charge in [0.1, 0.15) is 5.82 Å². The lowest BCUT2D eigenvalue weighted by molar-refractivity contribution is 0.143. The number of aliphatic hydroxyl groups is 1. The van der Waals surface area contributed by atoms with E-state index >= 15 is 0 Å². The van der Waals surface area contributed by atoms with E-state index < -0.39 is 16.3 Å². The summed E-state index contributed by atoms with van der Waals surface area (Å²) in [4.78, 5) is 0. The smallest absolute Gasteiger partial charge is 0.281 e. The zero-order valence-corrected chi connectivity index (χ0v) is 12.3. The number of halogens is 1. The van der Waals surface area contributed by atoms with Crippen molar-refractivity contribution in [3.05, 3.63) is 35.6 Å². The number of nitrogens with zero attached hydrogens (tertiary/aromatic N) is 2. The largest absolute Gasteiger partial charge is 0.387 e. The minimum atomic E-state index is -3.55. The van der Waals surface area contributed by atoms with Crippen LogP contribution < -0.4 is 0 Å². The van der Waals surface area contributed by atoms with Crippen LogP contribution in [0.2, 0.25) is 0 Å². The molecule has 0 aromatic heterocycles. The van der Waals surface area contributed by atoms with Crippen molar-refractivity contribution in [2.24, 2.45) is 0 Å². The van der Waals surface area contributed by atoms with Crippen molar-refractivity contribution in [1.29, 1.82) is 0 Å². The standard InChI is InChI=1S/C13H19FN2O3S/c1-15(2)20(18,19)16(12-7-8-12)9-13(17)10-3-5-11(14)6-4-10/h3-6,12-13,17H,7-9H2,1-2H3. The van der Waals surface area contributed by atoms with Crippen molar-refractivity contribution < 1.29 is 17.9 Å². The molecule has 20 heavy (non-hydrogen) atoms. The second kappa shape index (κ2) is 5.77. The van der Waals surface area contributed by atoms with E-state index in [9.17, 15) is 17.9 Å². The highest BCUT2D eigenvalue weighted by molar-refractivity contribution is 7.86. The van der Waals surface area contributed by atoms with E-state index in [1.54, 1.807) is 0 Å². The average molecular weight is 302 g/mol. The van der Waals surface area contributed by atoms with Crippen LogP contribution in [0.5, 0.6) is 0 Å². The molecule has 0 spiro atoms. The Hall–Kier alpha value is -1.02. The van der Waals surface area contributed by atoms with E-state index in [0.717, 1.165) is 17.1 Å². The lowest BCUT2D eigenvalue weighted by Gasteiger charge is -2.27. The van der Waals surface area contributed by atoms with E-state index in [0.29, 0.717) is 5.56 Å². The Morgan fingerprint density at radius 2 is 1.85 bits per heavy atom. The predicted octanol–water partition coefficient (Wildman–Crippen LogP) is 1.13.